The van der Waals surface area contributed by atoms with E-state index in [0.29, 0.717) is 11.4 Å². The summed E-state index contributed by atoms with van der Waals surface area (Å²) in [6, 6.07) is 13.6. The van der Waals surface area contributed by atoms with Crippen molar-refractivity contribution in [1.82, 2.24) is 0 Å². The van der Waals surface area contributed by atoms with E-state index >= 15 is 0 Å². The third-order valence-corrected chi connectivity index (χ3v) is 2.48. The van der Waals surface area contributed by atoms with Gasteiger partial charge in [0.05, 0.1) is 5.69 Å². The van der Waals surface area contributed by atoms with Gasteiger partial charge in [-0.25, -0.2) is 0 Å². The van der Waals surface area contributed by atoms with Crippen LogP contribution in [0.5, 0.6) is 11.5 Å². The molecule has 0 aliphatic rings. The zero-order valence-corrected chi connectivity index (χ0v) is 10.8. The molecule has 0 aliphatic heterocycles. The maximum Gasteiger partial charge on any atom is 0.150 e. The molecule has 2 aromatic carbocycles. The van der Waals surface area contributed by atoms with Crippen LogP contribution in [0.1, 0.15) is 11.1 Å². The molecule has 0 atom stereocenters. The fourth-order valence-corrected chi connectivity index (χ4v) is 1.51. The predicted octanol–water partition coefficient (Wildman–Crippen LogP) is 4.10. The Labute approximate surface area is 108 Å². The fourth-order valence-electron chi connectivity index (χ4n) is 1.51. The van der Waals surface area contributed by atoms with E-state index in [9.17, 15) is 0 Å². The van der Waals surface area contributed by atoms with E-state index in [1.165, 1.54) is 5.56 Å². The number of hydrogen-bond donors (Lipinski definition) is 1. The summed E-state index contributed by atoms with van der Waals surface area (Å²) in [5.74, 6) is 1.56. The second kappa shape index (κ2) is 5.60. The summed E-state index contributed by atoms with van der Waals surface area (Å²) in [6.45, 7) is 4.06. The third-order valence-electron chi connectivity index (χ3n) is 2.48. The number of halogens is 1. The average molecular weight is 250 g/mol. The second-order valence-electron chi connectivity index (χ2n) is 3.91. The maximum absolute atomic E-state index is 5.83. The minimum atomic E-state index is 0. The van der Waals surface area contributed by atoms with E-state index in [1.807, 2.05) is 50.2 Å². The number of para-hydroxylation sites is 2. The van der Waals surface area contributed by atoms with Crippen molar-refractivity contribution < 1.29 is 4.74 Å². The first-order chi connectivity index (χ1) is 7.66. The van der Waals surface area contributed by atoms with Crippen LogP contribution in [0.4, 0.5) is 5.69 Å². The molecule has 0 saturated heterocycles. The Morgan fingerprint density at radius 3 is 2.35 bits per heavy atom. The molecule has 90 valence electrons. The third kappa shape index (κ3) is 3.14. The number of benzene rings is 2. The number of nitrogens with two attached hydrogens (primary N) is 1. The first kappa shape index (κ1) is 13.4. The molecular formula is C14H16ClNO. The van der Waals surface area contributed by atoms with Crippen LogP contribution in [0, 0.1) is 13.8 Å². The Balaban J connectivity index is 0.00000144. The van der Waals surface area contributed by atoms with Gasteiger partial charge in [0, 0.05) is 0 Å². The SMILES string of the molecule is Cc1ccc(C)c(Oc2ccccc2N)c1.Cl. The molecule has 0 aliphatic carbocycles. The standard InChI is InChI=1S/C14H15NO.ClH/c1-10-7-8-11(2)14(9-10)16-13-6-4-3-5-12(13)15;/h3-9H,15H2,1-2H3;1H. The van der Waals surface area contributed by atoms with E-state index in [1.54, 1.807) is 0 Å². The Morgan fingerprint density at radius 2 is 1.65 bits per heavy atom. The molecule has 0 heterocycles. The van der Waals surface area contributed by atoms with E-state index in [0.717, 1.165) is 11.3 Å². The van der Waals surface area contributed by atoms with Crippen LogP contribution in [0.25, 0.3) is 0 Å². The summed E-state index contributed by atoms with van der Waals surface area (Å²) in [4.78, 5) is 0. The highest BCUT2D eigenvalue weighted by Crippen LogP contribution is 2.29. The van der Waals surface area contributed by atoms with Crippen molar-refractivity contribution in [2.24, 2.45) is 0 Å². The molecule has 0 aromatic heterocycles. The summed E-state index contributed by atoms with van der Waals surface area (Å²) in [5.41, 5.74) is 8.77. The minimum Gasteiger partial charge on any atom is -0.455 e. The van der Waals surface area contributed by atoms with Crippen LogP contribution in [0.3, 0.4) is 0 Å². The summed E-state index contributed by atoms with van der Waals surface area (Å²) in [7, 11) is 0. The second-order valence-corrected chi connectivity index (χ2v) is 3.91. The van der Waals surface area contributed by atoms with Crippen molar-refractivity contribution in [3.05, 3.63) is 53.6 Å². The monoisotopic (exact) mass is 249 g/mol. The Hall–Kier alpha value is -1.67. The van der Waals surface area contributed by atoms with Crippen LogP contribution in [-0.4, -0.2) is 0 Å². The molecule has 0 unspecified atom stereocenters. The van der Waals surface area contributed by atoms with Gasteiger partial charge < -0.3 is 10.5 Å². The lowest BCUT2D eigenvalue weighted by Crippen LogP contribution is -1.93. The molecule has 0 fully saturated rings. The van der Waals surface area contributed by atoms with Crippen molar-refractivity contribution in [1.29, 1.82) is 0 Å². The summed E-state index contributed by atoms with van der Waals surface area (Å²) < 4.78 is 5.80. The zero-order valence-electron chi connectivity index (χ0n) is 9.94. The topological polar surface area (TPSA) is 35.2 Å². The number of anilines is 1. The number of rotatable bonds is 2. The van der Waals surface area contributed by atoms with Gasteiger partial charge >= 0.3 is 0 Å². The molecule has 0 amide bonds. The van der Waals surface area contributed by atoms with Gasteiger partial charge in [0.1, 0.15) is 11.5 Å². The molecule has 0 bridgehead atoms. The molecule has 2 N–H and O–H groups in total. The normalized spacial score (nSPS) is 9.53. The van der Waals surface area contributed by atoms with Crippen LogP contribution in [-0.2, 0) is 0 Å². The smallest absolute Gasteiger partial charge is 0.150 e. The molecule has 0 saturated carbocycles. The van der Waals surface area contributed by atoms with Crippen molar-refractivity contribution in [3.63, 3.8) is 0 Å². The minimum absolute atomic E-state index is 0. The summed E-state index contributed by atoms with van der Waals surface area (Å²) in [6.07, 6.45) is 0. The van der Waals surface area contributed by atoms with Gasteiger partial charge in [-0.3, -0.25) is 0 Å². The first-order valence-electron chi connectivity index (χ1n) is 5.26. The van der Waals surface area contributed by atoms with Crippen LogP contribution in [0.2, 0.25) is 0 Å². The molecule has 2 rings (SSSR count). The molecule has 0 spiro atoms. The number of aryl methyl sites for hydroxylation is 2. The van der Waals surface area contributed by atoms with Gasteiger partial charge in [-0.1, -0.05) is 24.3 Å². The van der Waals surface area contributed by atoms with Crippen molar-refractivity contribution >= 4 is 18.1 Å². The lowest BCUT2D eigenvalue weighted by atomic mass is 10.1. The lowest BCUT2D eigenvalue weighted by Gasteiger charge is -2.11. The lowest BCUT2D eigenvalue weighted by molar-refractivity contribution is 0.481. The van der Waals surface area contributed by atoms with Gasteiger partial charge in [0.25, 0.3) is 0 Å². The van der Waals surface area contributed by atoms with E-state index in [-0.39, 0.29) is 12.4 Å². The van der Waals surface area contributed by atoms with E-state index < -0.39 is 0 Å². The van der Waals surface area contributed by atoms with E-state index in [2.05, 4.69) is 6.07 Å². The van der Waals surface area contributed by atoms with Gasteiger partial charge in [0.2, 0.25) is 0 Å². The molecule has 3 heteroatoms. The summed E-state index contributed by atoms with van der Waals surface area (Å²) >= 11 is 0. The Kier molecular flexibility index (Phi) is 4.41. The van der Waals surface area contributed by atoms with Gasteiger partial charge in [-0.15, -0.1) is 12.4 Å². The number of ether oxygens (including phenoxy) is 1. The largest absolute Gasteiger partial charge is 0.455 e. The van der Waals surface area contributed by atoms with Gasteiger partial charge in [-0.05, 0) is 43.2 Å². The summed E-state index contributed by atoms with van der Waals surface area (Å²) in [5, 5.41) is 0. The maximum atomic E-state index is 5.83. The zero-order chi connectivity index (χ0) is 11.5. The van der Waals surface area contributed by atoms with Crippen molar-refractivity contribution in [2.45, 2.75) is 13.8 Å². The Bertz CT molecular complexity index is 511. The van der Waals surface area contributed by atoms with Crippen molar-refractivity contribution in [3.8, 4) is 11.5 Å². The predicted molar refractivity (Wildman–Crippen MR) is 74.1 cm³/mol. The Morgan fingerprint density at radius 1 is 0.941 bits per heavy atom. The molecule has 0 radical (unpaired) electrons. The van der Waals surface area contributed by atoms with Crippen molar-refractivity contribution in [2.75, 3.05) is 5.73 Å². The van der Waals surface area contributed by atoms with Crippen LogP contribution >= 0.6 is 12.4 Å². The number of hydrogen-bond acceptors (Lipinski definition) is 2. The highest BCUT2D eigenvalue weighted by Gasteiger charge is 2.03. The van der Waals surface area contributed by atoms with Crippen LogP contribution in [0.15, 0.2) is 42.5 Å². The highest BCUT2D eigenvalue weighted by molar-refractivity contribution is 5.85. The first-order valence-corrected chi connectivity index (χ1v) is 5.26. The molecule has 2 aromatic rings. The fraction of sp³-hybridized carbons (Fsp3) is 0.143. The van der Waals surface area contributed by atoms with Crippen LogP contribution < -0.4 is 10.5 Å². The molecule has 2 nitrogen and oxygen atoms in total. The quantitative estimate of drug-likeness (QED) is 0.814. The average Bonchev–Trinajstić information content (AvgIpc) is 2.27. The van der Waals surface area contributed by atoms with Gasteiger partial charge in [-0.2, -0.15) is 0 Å². The molecule has 17 heavy (non-hydrogen) atoms. The van der Waals surface area contributed by atoms with E-state index in [4.69, 9.17) is 10.5 Å². The van der Waals surface area contributed by atoms with Gasteiger partial charge in [0.15, 0.2) is 0 Å². The number of nitrogen functional groups attached to an aromatic ring is 1. The highest BCUT2D eigenvalue weighted by atomic mass is 35.5. The molecular weight excluding hydrogens is 234 g/mol.